The number of nitro groups is 1. The SMILES string of the molecule is O=[N+]([O-])c1ccc(Cn2ncnc2CCl)c(Cl)c1. The molecule has 1 aromatic heterocycles. The number of hydrogen-bond donors (Lipinski definition) is 0. The van der Waals surface area contributed by atoms with E-state index in [1.807, 2.05) is 0 Å². The van der Waals surface area contributed by atoms with Gasteiger partial charge in [-0.3, -0.25) is 10.1 Å². The molecule has 1 aromatic carbocycles. The van der Waals surface area contributed by atoms with Crippen LogP contribution in [0.15, 0.2) is 24.5 Å². The second kappa shape index (κ2) is 5.32. The number of alkyl halides is 1. The van der Waals surface area contributed by atoms with E-state index in [-0.39, 0.29) is 11.6 Å². The molecule has 1 heterocycles. The Balaban J connectivity index is 2.27. The summed E-state index contributed by atoms with van der Waals surface area (Å²) in [6.07, 6.45) is 1.40. The number of aromatic nitrogens is 3. The van der Waals surface area contributed by atoms with Gasteiger partial charge in [-0.25, -0.2) is 9.67 Å². The summed E-state index contributed by atoms with van der Waals surface area (Å²) in [5.74, 6) is 0.857. The minimum absolute atomic E-state index is 0.0418. The Bertz CT molecular complexity index is 585. The molecular formula is C10H8Cl2N4O2. The summed E-state index contributed by atoms with van der Waals surface area (Å²) in [6.45, 7) is 0.374. The molecule has 0 amide bonds. The van der Waals surface area contributed by atoms with Crippen molar-refractivity contribution in [1.29, 1.82) is 0 Å². The third-order valence-electron chi connectivity index (χ3n) is 2.38. The van der Waals surface area contributed by atoms with Crippen LogP contribution in [0.4, 0.5) is 5.69 Å². The first-order valence-corrected chi connectivity index (χ1v) is 5.88. The van der Waals surface area contributed by atoms with Gasteiger partial charge >= 0.3 is 0 Å². The van der Waals surface area contributed by atoms with Gasteiger partial charge in [-0.05, 0) is 11.6 Å². The molecule has 0 N–H and O–H groups in total. The molecule has 94 valence electrons. The molecule has 0 fully saturated rings. The summed E-state index contributed by atoms with van der Waals surface area (Å²) in [4.78, 5) is 14.1. The Morgan fingerprint density at radius 1 is 1.44 bits per heavy atom. The highest BCUT2D eigenvalue weighted by Crippen LogP contribution is 2.23. The van der Waals surface area contributed by atoms with Crippen molar-refractivity contribution in [3.63, 3.8) is 0 Å². The van der Waals surface area contributed by atoms with Crippen LogP contribution in [0.1, 0.15) is 11.4 Å². The number of hydrogen-bond acceptors (Lipinski definition) is 4. The van der Waals surface area contributed by atoms with Gasteiger partial charge in [-0.2, -0.15) is 5.10 Å². The van der Waals surface area contributed by atoms with Gasteiger partial charge in [-0.1, -0.05) is 11.6 Å². The lowest BCUT2D eigenvalue weighted by molar-refractivity contribution is -0.384. The van der Waals surface area contributed by atoms with E-state index in [0.717, 1.165) is 5.56 Å². The van der Waals surface area contributed by atoms with Gasteiger partial charge in [-0.15, -0.1) is 11.6 Å². The zero-order valence-electron chi connectivity index (χ0n) is 9.08. The highest BCUT2D eigenvalue weighted by Gasteiger charge is 2.11. The van der Waals surface area contributed by atoms with E-state index >= 15 is 0 Å². The molecule has 18 heavy (non-hydrogen) atoms. The zero-order valence-corrected chi connectivity index (χ0v) is 10.6. The van der Waals surface area contributed by atoms with Crippen LogP contribution in [0, 0.1) is 10.1 Å². The fourth-order valence-corrected chi connectivity index (χ4v) is 1.90. The Morgan fingerprint density at radius 3 is 2.83 bits per heavy atom. The average Bonchev–Trinajstić information content (AvgIpc) is 2.78. The van der Waals surface area contributed by atoms with Crippen molar-refractivity contribution in [3.8, 4) is 0 Å². The Labute approximate surface area is 112 Å². The maximum absolute atomic E-state index is 10.6. The topological polar surface area (TPSA) is 73.8 Å². The van der Waals surface area contributed by atoms with E-state index in [9.17, 15) is 10.1 Å². The Kier molecular flexibility index (Phi) is 3.78. The molecule has 0 aliphatic heterocycles. The summed E-state index contributed by atoms with van der Waals surface area (Å²) in [7, 11) is 0. The predicted octanol–water partition coefficient (Wildman–Crippen LogP) is 2.63. The predicted molar refractivity (Wildman–Crippen MR) is 66.8 cm³/mol. The molecule has 0 saturated heterocycles. The molecule has 0 atom stereocenters. The van der Waals surface area contributed by atoms with E-state index < -0.39 is 4.92 Å². The van der Waals surface area contributed by atoms with Crippen LogP contribution in [-0.2, 0) is 12.4 Å². The summed E-state index contributed by atoms with van der Waals surface area (Å²) in [6, 6.07) is 4.31. The third kappa shape index (κ3) is 2.60. The number of non-ortho nitro benzene ring substituents is 1. The minimum atomic E-state index is -0.491. The van der Waals surface area contributed by atoms with Crippen molar-refractivity contribution in [1.82, 2.24) is 14.8 Å². The normalized spacial score (nSPS) is 10.6. The first-order valence-electron chi connectivity index (χ1n) is 4.97. The number of nitrogens with zero attached hydrogens (tertiary/aromatic N) is 4. The zero-order chi connectivity index (χ0) is 13.1. The maximum Gasteiger partial charge on any atom is 0.270 e. The third-order valence-corrected chi connectivity index (χ3v) is 2.97. The Hall–Kier alpha value is -1.66. The van der Waals surface area contributed by atoms with Gasteiger partial charge < -0.3 is 0 Å². The molecule has 8 heteroatoms. The number of benzene rings is 1. The van der Waals surface area contributed by atoms with Crippen LogP contribution in [0.5, 0.6) is 0 Å². The highest BCUT2D eigenvalue weighted by molar-refractivity contribution is 6.31. The smallest absolute Gasteiger partial charge is 0.258 e. The lowest BCUT2D eigenvalue weighted by Gasteiger charge is -2.06. The van der Waals surface area contributed by atoms with Crippen molar-refractivity contribution in [2.75, 3.05) is 0 Å². The molecule has 0 spiro atoms. The molecular weight excluding hydrogens is 279 g/mol. The molecule has 0 unspecified atom stereocenters. The first kappa shape index (κ1) is 12.8. The first-order chi connectivity index (χ1) is 8.61. The fourth-order valence-electron chi connectivity index (χ4n) is 1.46. The maximum atomic E-state index is 10.6. The molecule has 0 aliphatic rings. The highest BCUT2D eigenvalue weighted by atomic mass is 35.5. The second-order valence-corrected chi connectivity index (χ2v) is 4.17. The van der Waals surface area contributed by atoms with E-state index in [0.29, 0.717) is 17.4 Å². The standard InChI is InChI=1S/C10H8Cl2N4O2/c11-4-10-13-6-14-15(10)5-7-1-2-8(16(17)18)3-9(7)12/h1-3,6H,4-5H2. The molecule has 0 radical (unpaired) electrons. The number of rotatable bonds is 4. The monoisotopic (exact) mass is 286 g/mol. The summed E-state index contributed by atoms with van der Waals surface area (Å²) in [5.41, 5.74) is 0.680. The van der Waals surface area contributed by atoms with Gasteiger partial charge in [0.1, 0.15) is 12.2 Å². The average molecular weight is 287 g/mol. The van der Waals surface area contributed by atoms with Crippen molar-refractivity contribution in [2.45, 2.75) is 12.4 Å². The molecule has 0 saturated carbocycles. The summed E-state index contributed by atoms with van der Waals surface area (Å²) in [5, 5.41) is 14.9. The minimum Gasteiger partial charge on any atom is -0.258 e. The molecule has 6 nitrogen and oxygen atoms in total. The van der Waals surface area contributed by atoms with Crippen LogP contribution in [0.25, 0.3) is 0 Å². The fraction of sp³-hybridized carbons (Fsp3) is 0.200. The van der Waals surface area contributed by atoms with E-state index in [2.05, 4.69) is 10.1 Å². The van der Waals surface area contributed by atoms with Crippen LogP contribution in [-0.4, -0.2) is 19.7 Å². The van der Waals surface area contributed by atoms with E-state index in [4.69, 9.17) is 23.2 Å². The van der Waals surface area contributed by atoms with E-state index in [1.54, 1.807) is 10.7 Å². The molecule has 2 aromatic rings. The van der Waals surface area contributed by atoms with Crippen molar-refractivity contribution in [3.05, 3.63) is 51.1 Å². The molecule has 0 aliphatic carbocycles. The van der Waals surface area contributed by atoms with Crippen molar-refractivity contribution < 1.29 is 4.92 Å². The van der Waals surface area contributed by atoms with Crippen LogP contribution < -0.4 is 0 Å². The van der Waals surface area contributed by atoms with Crippen molar-refractivity contribution in [2.24, 2.45) is 0 Å². The largest absolute Gasteiger partial charge is 0.270 e. The molecule has 0 bridgehead atoms. The van der Waals surface area contributed by atoms with Crippen molar-refractivity contribution >= 4 is 28.9 Å². The lowest BCUT2D eigenvalue weighted by atomic mass is 10.2. The van der Waals surface area contributed by atoms with Gasteiger partial charge in [0.05, 0.1) is 22.4 Å². The van der Waals surface area contributed by atoms with Gasteiger partial charge in [0.25, 0.3) is 5.69 Å². The lowest BCUT2D eigenvalue weighted by Crippen LogP contribution is -2.06. The van der Waals surface area contributed by atoms with Crippen LogP contribution in [0.3, 0.4) is 0 Å². The summed E-state index contributed by atoms with van der Waals surface area (Å²) >= 11 is 11.7. The quantitative estimate of drug-likeness (QED) is 0.492. The van der Waals surface area contributed by atoms with Gasteiger partial charge in [0.2, 0.25) is 0 Å². The van der Waals surface area contributed by atoms with E-state index in [1.165, 1.54) is 18.5 Å². The number of halogens is 2. The molecule has 2 rings (SSSR count). The second-order valence-electron chi connectivity index (χ2n) is 3.50. The number of nitro benzene ring substituents is 1. The van der Waals surface area contributed by atoms with Gasteiger partial charge in [0, 0.05) is 12.1 Å². The van der Waals surface area contributed by atoms with Crippen LogP contribution >= 0.6 is 23.2 Å². The summed E-state index contributed by atoms with van der Waals surface area (Å²) < 4.78 is 1.60. The Morgan fingerprint density at radius 2 is 2.22 bits per heavy atom. The van der Waals surface area contributed by atoms with Crippen LogP contribution in [0.2, 0.25) is 5.02 Å². The van der Waals surface area contributed by atoms with Gasteiger partial charge in [0.15, 0.2) is 0 Å².